The van der Waals surface area contributed by atoms with Crippen LogP contribution in [-0.4, -0.2) is 17.6 Å². The minimum absolute atomic E-state index is 0.228. The van der Waals surface area contributed by atoms with Gasteiger partial charge in [0, 0.05) is 18.4 Å². The summed E-state index contributed by atoms with van der Waals surface area (Å²) in [6.45, 7) is 7.84. The van der Waals surface area contributed by atoms with Crippen molar-refractivity contribution < 1.29 is 4.42 Å². The largest absolute Gasteiger partial charge is 0.441 e. The number of nitrogens with one attached hydrogen (secondary N) is 1. The molecular weight excluding hydrogens is 236 g/mol. The van der Waals surface area contributed by atoms with Crippen molar-refractivity contribution in [3.63, 3.8) is 0 Å². The van der Waals surface area contributed by atoms with Gasteiger partial charge < -0.3 is 9.73 Å². The molecule has 0 unspecified atom stereocenters. The van der Waals surface area contributed by atoms with Gasteiger partial charge in [0.2, 0.25) is 0 Å². The van der Waals surface area contributed by atoms with E-state index in [1.807, 2.05) is 6.92 Å². The van der Waals surface area contributed by atoms with Gasteiger partial charge in [0.15, 0.2) is 11.5 Å². The first-order chi connectivity index (χ1) is 9.09. The summed E-state index contributed by atoms with van der Waals surface area (Å²) in [5.41, 5.74) is 5.18. The molecule has 2 heterocycles. The Labute approximate surface area is 113 Å². The third kappa shape index (κ3) is 1.39. The van der Waals surface area contributed by atoms with E-state index in [1.54, 1.807) is 0 Å². The Morgan fingerprint density at radius 3 is 3.11 bits per heavy atom. The molecule has 0 spiro atoms. The van der Waals surface area contributed by atoms with Crippen molar-refractivity contribution >= 4 is 11.1 Å². The minimum atomic E-state index is 0.228. The zero-order chi connectivity index (χ0) is 13.2. The van der Waals surface area contributed by atoms with E-state index in [0.717, 1.165) is 30.0 Å². The molecule has 3 nitrogen and oxygen atoms in total. The Balaban J connectivity index is 2.06. The molecule has 1 saturated heterocycles. The highest BCUT2D eigenvalue weighted by Gasteiger charge is 2.46. The Hall–Kier alpha value is -1.35. The standard InChI is InChI=1S/C16H20N2O/c1-9-12-8-11-4-5-13-15(18-10(2)19-13)14(11)16(9,3)6-7-17-12/h4-5,9,12,17H,6-8H2,1-3H3/t9-,12-,16-/m1/s1. The lowest BCUT2D eigenvalue weighted by Gasteiger charge is -2.50. The quantitative estimate of drug-likeness (QED) is 0.787. The summed E-state index contributed by atoms with van der Waals surface area (Å²) >= 11 is 0. The van der Waals surface area contributed by atoms with Crippen molar-refractivity contribution in [1.82, 2.24) is 10.3 Å². The van der Waals surface area contributed by atoms with Gasteiger partial charge in [-0.2, -0.15) is 0 Å². The number of hydrogen-bond acceptors (Lipinski definition) is 3. The van der Waals surface area contributed by atoms with E-state index in [4.69, 9.17) is 4.42 Å². The fourth-order valence-electron chi connectivity index (χ4n) is 4.16. The maximum atomic E-state index is 5.73. The Kier molecular flexibility index (Phi) is 2.17. The lowest BCUT2D eigenvalue weighted by atomic mass is 9.59. The number of aryl methyl sites for hydroxylation is 1. The van der Waals surface area contributed by atoms with Crippen LogP contribution >= 0.6 is 0 Å². The highest BCUT2D eigenvalue weighted by Crippen LogP contribution is 2.48. The molecular formula is C16H20N2O. The molecule has 19 heavy (non-hydrogen) atoms. The number of aromatic nitrogens is 1. The molecule has 1 aliphatic carbocycles. The average Bonchev–Trinajstić information content (AvgIpc) is 2.72. The normalized spacial score (nSPS) is 33.4. The summed E-state index contributed by atoms with van der Waals surface area (Å²) in [5.74, 6) is 1.42. The third-order valence-corrected chi connectivity index (χ3v) is 5.42. The van der Waals surface area contributed by atoms with E-state index in [2.05, 4.69) is 36.3 Å². The SMILES string of the molecule is Cc1nc2c3c(ccc2o1)C[C@H]1NCC[C@]3(C)[C@@H]1C. The number of fused-ring (bicyclic) bond motifs is 6. The summed E-state index contributed by atoms with van der Waals surface area (Å²) in [6.07, 6.45) is 2.30. The lowest BCUT2D eigenvalue weighted by Crippen LogP contribution is -2.56. The van der Waals surface area contributed by atoms with Crippen molar-refractivity contribution in [2.75, 3.05) is 6.54 Å². The second kappa shape index (κ2) is 3.60. The van der Waals surface area contributed by atoms with E-state index in [-0.39, 0.29) is 5.41 Å². The highest BCUT2D eigenvalue weighted by atomic mass is 16.3. The van der Waals surface area contributed by atoms with Gasteiger partial charge in [0.1, 0.15) is 5.52 Å². The summed E-state index contributed by atoms with van der Waals surface area (Å²) in [4.78, 5) is 4.67. The monoisotopic (exact) mass is 256 g/mol. The lowest BCUT2D eigenvalue weighted by molar-refractivity contribution is 0.159. The molecule has 3 heteroatoms. The number of nitrogens with zero attached hydrogens (tertiary/aromatic N) is 1. The molecule has 1 aromatic heterocycles. The smallest absolute Gasteiger partial charge is 0.192 e. The molecule has 4 rings (SSSR count). The number of benzene rings is 1. The van der Waals surface area contributed by atoms with Crippen LogP contribution in [0.1, 0.15) is 37.3 Å². The molecule has 1 fully saturated rings. The van der Waals surface area contributed by atoms with Crippen molar-refractivity contribution in [3.05, 3.63) is 29.2 Å². The fourth-order valence-corrected chi connectivity index (χ4v) is 4.16. The van der Waals surface area contributed by atoms with Gasteiger partial charge in [-0.1, -0.05) is 19.9 Å². The Morgan fingerprint density at radius 2 is 2.26 bits per heavy atom. The van der Waals surface area contributed by atoms with Crippen LogP contribution in [0, 0.1) is 12.8 Å². The highest BCUT2D eigenvalue weighted by molar-refractivity contribution is 5.80. The zero-order valence-corrected chi connectivity index (χ0v) is 11.8. The molecule has 0 amide bonds. The van der Waals surface area contributed by atoms with Crippen molar-refractivity contribution in [2.45, 2.75) is 45.1 Å². The van der Waals surface area contributed by atoms with Gasteiger partial charge >= 0.3 is 0 Å². The van der Waals surface area contributed by atoms with Crippen LogP contribution in [0.5, 0.6) is 0 Å². The summed E-state index contributed by atoms with van der Waals surface area (Å²) in [5, 5.41) is 3.68. The number of oxazole rings is 1. The summed E-state index contributed by atoms with van der Waals surface area (Å²) < 4.78 is 5.73. The minimum Gasteiger partial charge on any atom is -0.441 e. The predicted molar refractivity (Wildman–Crippen MR) is 75.4 cm³/mol. The number of hydrogen-bond donors (Lipinski definition) is 1. The van der Waals surface area contributed by atoms with Gasteiger partial charge in [-0.15, -0.1) is 0 Å². The van der Waals surface area contributed by atoms with Crippen LogP contribution in [0.4, 0.5) is 0 Å². The van der Waals surface area contributed by atoms with Crippen LogP contribution in [-0.2, 0) is 11.8 Å². The van der Waals surface area contributed by atoms with Crippen LogP contribution in [0.2, 0.25) is 0 Å². The molecule has 100 valence electrons. The van der Waals surface area contributed by atoms with Crippen molar-refractivity contribution in [2.24, 2.45) is 5.92 Å². The van der Waals surface area contributed by atoms with Crippen molar-refractivity contribution in [3.8, 4) is 0 Å². The first kappa shape index (κ1) is 11.5. The van der Waals surface area contributed by atoms with Gasteiger partial charge in [-0.3, -0.25) is 0 Å². The van der Waals surface area contributed by atoms with Crippen molar-refractivity contribution in [1.29, 1.82) is 0 Å². The maximum absolute atomic E-state index is 5.73. The topological polar surface area (TPSA) is 38.1 Å². The first-order valence-electron chi connectivity index (χ1n) is 7.22. The first-order valence-corrected chi connectivity index (χ1v) is 7.22. The molecule has 2 aromatic rings. The predicted octanol–water partition coefficient (Wildman–Crippen LogP) is 2.95. The average molecular weight is 256 g/mol. The van der Waals surface area contributed by atoms with Crippen LogP contribution in [0.3, 0.4) is 0 Å². The number of piperidine rings is 1. The maximum Gasteiger partial charge on any atom is 0.192 e. The molecule has 0 radical (unpaired) electrons. The molecule has 2 bridgehead atoms. The van der Waals surface area contributed by atoms with E-state index in [1.165, 1.54) is 17.5 Å². The van der Waals surface area contributed by atoms with E-state index >= 15 is 0 Å². The summed E-state index contributed by atoms with van der Waals surface area (Å²) in [7, 11) is 0. The molecule has 0 saturated carbocycles. The molecule has 1 aliphatic heterocycles. The molecule has 1 aromatic carbocycles. The van der Waals surface area contributed by atoms with Gasteiger partial charge in [-0.25, -0.2) is 4.98 Å². The number of rotatable bonds is 0. The molecule has 1 N–H and O–H groups in total. The fraction of sp³-hybridized carbons (Fsp3) is 0.562. The van der Waals surface area contributed by atoms with Gasteiger partial charge in [-0.05, 0) is 42.5 Å². The molecule has 2 aliphatic rings. The van der Waals surface area contributed by atoms with Crippen LogP contribution in [0.15, 0.2) is 16.5 Å². The zero-order valence-electron chi connectivity index (χ0n) is 11.8. The van der Waals surface area contributed by atoms with Gasteiger partial charge in [0.25, 0.3) is 0 Å². The third-order valence-electron chi connectivity index (χ3n) is 5.42. The Bertz CT molecular complexity index is 660. The van der Waals surface area contributed by atoms with Gasteiger partial charge in [0.05, 0.1) is 0 Å². The summed E-state index contributed by atoms with van der Waals surface area (Å²) in [6, 6.07) is 4.94. The van der Waals surface area contributed by atoms with Crippen LogP contribution < -0.4 is 5.32 Å². The molecule has 3 atom stereocenters. The van der Waals surface area contributed by atoms with E-state index in [0.29, 0.717) is 12.0 Å². The van der Waals surface area contributed by atoms with E-state index in [9.17, 15) is 0 Å². The second-order valence-electron chi connectivity index (χ2n) is 6.40. The van der Waals surface area contributed by atoms with Crippen LogP contribution in [0.25, 0.3) is 11.1 Å². The second-order valence-corrected chi connectivity index (χ2v) is 6.40. The van der Waals surface area contributed by atoms with E-state index < -0.39 is 0 Å². The Morgan fingerprint density at radius 1 is 1.42 bits per heavy atom.